The molecular formula is C13H17N3. The lowest BCUT2D eigenvalue weighted by Gasteiger charge is -2.31. The second-order valence-corrected chi connectivity index (χ2v) is 4.64. The van der Waals surface area contributed by atoms with Gasteiger partial charge in [-0.15, -0.1) is 0 Å². The summed E-state index contributed by atoms with van der Waals surface area (Å²) in [5, 5.41) is 6.83. The van der Waals surface area contributed by atoms with Crippen molar-refractivity contribution >= 4 is 11.6 Å². The minimum Gasteiger partial charge on any atom is -0.353 e. The van der Waals surface area contributed by atoms with Crippen molar-refractivity contribution in [2.45, 2.75) is 38.3 Å². The molecule has 1 saturated carbocycles. The minimum absolute atomic E-state index is 0.250. The van der Waals surface area contributed by atoms with Crippen molar-refractivity contribution in [2.24, 2.45) is 4.99 Å². The van der Waals surface area contributed by atoms with Gasteiger partial charge in [-0.05, 0) is 37.8 Å². The van der Waals surface area contributed by atoms with Gasteiger partial charge in [-0.25, -0.2) is 4.99 Å². The molecule has 2 N–H and O–H groups in total. The van der Waals surface area contributed by atoms with Crippen LogP contribution in [0.3, 0.4) is 0 Å². The van der Waals surface area contributed by atoms with E-state index in [1.165, 1.54) is 30.5 Å². The first-order valence-electron chi connectivity index (χ1n) is 6.03. The number of hydrogen-bond acceptors (Lipinski definition) is 3. The normalized spacial score (nSPS) is 23.8. The molecule has 2 aliphatic rings. The van der Waals surface area contributed by atoms with Gasteiger partial charge in [0.2, 0.25) is 0 Å². The van der Waals surface area contributed by atoms with Crippen LogP contribution in [0.5, 0.6) is 0 Å². The smallest absolute Gasteiger partial charge is 0.196 e. The second-order valence-electron chi connectivity index (χ2n) is 4.64. The number of anilines is 1. The van der Waals surface area contributed by atoms with E-state index in [4.69, 9.17) is 0 Å². The number of guanidine groups is 1. The van der Waals surface area contributed by atoms with Crippen molar-refractivity contribution in [3.05, 3.63) is 29.8 Å². The average Bonchev–Trinajstić information content (AvgIpc) is 2.24. The molecular weight excluding hydrogens is 198 g/mol. The van der Waals surface area contributed by atoms with E-state index >= 15 is 0 Å². The number of fused-ring (bicyclic) bond motifs is 1. The van der Waals surface area contributed by atoms with Crippen molar-refractivity contribution in [1.29, 1.82) is 0 Å². The number of nitrogens with one attached hydrogen (secondary N) is 2. The maximum Gasteiger partial charge on any atom is 0.196 e. The van der Waals surface area contributed by atoms with E-state index < -0.39 is 0 Å². The standard InChI is InChI=1S/C13H17N3/c1-9-11-7-2-3-8-12(11)16-13(14-9)15-10-5-4-6-10/h2-3,7-10H,4-6H2,1H3,(H2,14,15,16). The monoisotopic (exact) mass is 215 g/mol. The summed E-state index contributed by atoms with van der Waals surface area (Å²) < 4.78 is 0. The van der Waals surface area contributed by atoms with Crippen LogP contribution in [-0.2, 0) is 0 Å². The zero-order valence-electron chi connectivity index (χ0n) is 9.53. The fraction of sp³-hybridized carbons (Fsp3) is 0.462. The Labute approximate surface area is 96.0 Å². The molecule has 1 aliphatic carbocycles. The van der Waals surface area contributed by atoms with Crippen LogP contribution in [0.25, 0.3) is 0 Å². The lowest BCUT2D eigenvalue weighted by molar-refractivity contribution is 0.382. The average molecular weight is 215 g/mol. The van der Waals surface area contributed by atoms with Gasteiger partial charge in [0.1, 0.15) is 0 Å². The number of hydrogen-bond donors (Lipinski definition) is 2. The quantitative estimate of drug-likeness (QED) is 0.755. The topological polar surface area (TPSA) is 36.4 Å². The molecule has 1 aromatic carbocycles. The molecule has 1 atom stereocenters. The molecule has 0 bridgehead atoms. The van der Waals surface area contributed by atoms with Crippen molar-refractivity contribution in [3.63, 3.8) is 0 Å². The second kappa shape index (κ2) is 3.81. The maximum atomic E-state index is 4.64. The number of rotatable bonds is 1. The van der Waals surface area contributed by atoms with E-state index in [1.54, 1.807) is 0 Å². The maximum absolute atomic E-state index is 4.64. The van der Waals surface area contributed by atoms with Gasteiger partial charge in [0.05, 0.1) is 6.04 Å². The molecule has 1 fully saturated rings. The van der Waals surface area contributed by atoms with E-state index in [9.17, 15) is 0 Å². The van der Waals surface area contributed by atoms with E-state index in [0.717, 1.165) is 5.96 Å². The molecule has 1 unspecified atom stereocenters. The van der Waals surface area contributed by atoms with Crippen molar-refractivity contribution in [1.82, 2.24) is 5.32 Å². The SMILES string of the molecule is CC1N=C(NC2CCC2)Nc2ccccc21. The summed E-state index contributed by atoms with van der Waals surface area (Å²) in [4.78, 5) is 4.64. The Morgan fingerprint density at radius 3 is 2.88 bits per heavy atom. The Morgan fingerprint density at radius 2 is 2.12 bits per heavy atom. The molecule has 0 amide bonds. The van der Waals surface area contributed by atoms with Crippen LogP contribution >= 0.6 is 0 Å². The zero-order valence-corrected chi connectivity index (χ0v) is 9.53. The van der Waals surface area contributed by atoms with Crippen molar-refractivity contribution in [3.8, 4) is 0 Å². The van der Waals surface area contributed by atoms with E-state index in [2.05, 4.69) is 46.8 Å². The zero-order chi connectivity index (χ0) is 11.0. The van der Waals surface area contributed by atoms with Gasteiger partial charge in [-0.3, -0.25) is 0 Å². The Morgan fingerprint density at radius 1 is 1.31 bits per heavy atom. The molecule has 16 heavy (non-hydrogen) atoms. The van der Waals surface area contributed by atoms with Crippen LogP contribution in [-0.4, -0.2) is 12.0 Å². The third-order valence-corrected chi connectivity index (χ3v) is 3.43. The molecule has 3 rings (SSSR count). The third kappa shape index (κ3) is 1.66. The van der Waals surface area contributed by atoms with Gasteiger partial charge in [-0.2, -0.15) is 0 Å². The summed E-state index contributed by atoms with van der Waals surface area (Å²) in [7, 11) is 0. The van der Waals surface area contributed by atoms with Crippen molar-refractivity contribution < 1.29 is 0 Å². The summed E-state index contributed by atoms with van der Waals surface area (Å²) in [6.07, 6.45) is 3.89. The fourth-order valence-electron chi connectivity index (χ4n) is 2.22. The van der Waals surface area contributed by atoms with Crippen LogP contribution in [0.1, 0.15) is 37.8 Å². The van der Waals surface area contributed by atoms with E-state index in [1.807, 2.05) is 0 Å². The predicted molar refractivity (Wildman–Crippen MR) is 66.7 cm³/mol. The molecule has 1 aliphatic heterocycles. The van der Waals surface area contributed by atoms with Crippen LogP contribution in [0.2, 0.25) is 0 Å². The molecule has 1 heterocycles. The lowest BCUT2D eigenvalue weighted by atomic mass is 9.93. The number of benzene rings is 1. The highest BCUT2D eigenvalue weighted by molar-refractivity contribution is 5.96. The highest BCUT2D eigenvalue weighted by Crippen LogP contribution is 2.29. The molecule has 84 valence electrons. The van der Waals surface area contributed by atoms with Gasteiger partial charge < -0.3 is 10.6 Å². The number of aliphatic imine (C=N–C) groups is 1. The predicted octanol–water partition coefficient (Wildman–Crippen LogP) is 2.67. The van der Waals surface area contributed by atoms with Crippen LogP contribution in [0.15, 0.2) is 29.3 Å². The fourth-order valence-corrected chi connectivity index (χ4v) is 2.22. The first kappa shape index (κ1) is 9.70. The largest absolute Gasteiger partial charge is 0.353 e. The highest BCUT2D eigenvalue weighted by atomic mass is 15.2. The molecule has 3 heteroatoms. The summed E-state index contributed by atoms with van der Waals surface area (Å²) in [6.45, 7) is 2.14. The van der Waals surface area contributed by atoms with Crippen LogP contribution < -0.4 is 10.6 Å². The molecule has 0 saturated heterocycles. The molecule has 0 aromatic heterocycles. The van der Waals surface area contributed by atoms with Gasteiger partial charge in [0, 0.05) is 11.7 Å². The Balaban J connectivity index is 1.79. The van der Waals surface area contributed by atoms with Crippen molar-refractivity contribution in [2.75, 3.05) is 5.32 Å². The Bertz CT molecular complexity index is 421. The van der Waals surface area contributed by atoms with Gasteiger partial charge in [0.15, 0.2) is 5.96 Å². The lowest BCUT2D eigenvalue weighted by Crippen LogP contribution is -2.44. The first-order valence-corrected chi connectivity index (χ1v) is 6.03. The number of nitrogens with zero attached hydrogens (tertiary/aromatic N) is 1. The van der Waals surface area contributed by atoms with Gasteiger partial charge in [-0.1, -0.05) is 18.2 Å². The highest BCUT2D eigenvalue weighted by Gasteiger charge is 2.22. The first-order chi connectivity index (χ1) is 7.83. The number of para-hydroxylation sites is 1. The van der Waals surface area contributed by atoms with E-state index in [-0.39, 0.29) is 6.04 Å². The van der Waals surface area contributed by atoms with Crippen LogP contribution in [0, 0.1) is 0 Å². The Kier molecular flexibility index (Phi) is 2.31. The summed E-state index contributed by atoms with van der Waals surface area (Å²) in [5.41, 5.74) is 2.47. The van der Waals surface area contributed by atoms with Gasteiger partial charge >= 0.3 is 0 Å². The van der Waals surface area contributed by atoms with Gasteiger partial charge in [0.25, 0.3) is 0 Å². The van der Waals surface area contributed by atoms with E-state index in [0.29, 0.717) is 6.04 Å². The molecule has 3 nitrogen and oxygen atoms in total. The molecule has 0 radical (unpaired) electrons. The summed E-state index contributed by atoms with van der Waals surface area (Å²) >= 11 is 0. The van der Waals surface area contributed by atoms with Crippen LogP contribution in [0.4, 0.5) is 5.69 Å². The summed E-state index contributed by atoms with van der Waals surface area (Å²) in [6, 6.07) is 9.25. The minimum atomic E-state index is 0.250. The molecule has 1 aromatic rings. The Hall–Kier alpha value is -1.51. The molecule has 0 spiro atoms. The third-order valence-electron chi connectivity index (χ3n) is 3.43. The summed E-state index contributed by atoms with van der Waals surface area (Å²) in [5.74, 6) is 0.941.